The predicted molar refractivity (Wildman–Crippen MR) is 218 cm³/mol. The highest BCUT2D eigenvalue weighted by molar-refractivity contribution is 7.80. The lowest BCUT2D eigenvalue weighted by Gasteiger charge is -2.41. The van der Waals surface area contributed by atoms with Gasteiger partial charge in [-0.15, -0.1) is 0 Å². The summed E-state index contributed by atoms with van der Waals surface area (Å²) >= 11 is 0. The van der Waals surface area contributed by atoms with Crippen LogP contribution in [-0.2, 0) is 28.9 Å². The SMILES string of the molecule is CCCCC/C=C\C=C/CCCCCCCCCCCCC(=O)NC(COC1OC(CO)C(O)C(OS(=O)(=O)O)C1O)C(O)/C=C/CCCCCCCCC. The number of carbonyl (C=O) groups excluding carboxylic acids is 1. The maximum absolute atomic E-state index is 13.0. The van der Waals surface area contributed by atoms with E-state index in [4.69, 9.17) is 14.0 Å². The third kappa shape index (κ3) is 26.8. The molecule has 1 saturated heterocycles. The fraction of sp³-hybridized carbons (Fsp3) is 0.833. The van der Waals surface area contributed by atoms with Crippen LogP contribution in [-0.4, -0.2) is 95.4 Å². The second-order valence-electron chi connectivity index (χ2n) is 15.0. The van der Waals surface area contributed by atoms with E-state index in [0.29, 0.717) is 6.42 Å². The van der Waals surface area contributed by atoms with Gasteiger partial charge in [-0.05, 0) is 44.9 Å². The van der Waals surface area contributed by atoms with Gasteiger partial charge < -0.3 is 35.2 Å². The zero-order chi connectivity index (χ0) is 40.6. The van der Waals surface area contributed by atoms with Gasteiger partial charge in [0.25, 0.3) is 0 Å². The first-order valence-electron chi connectivity index (χ1n) is 21.4. The average Bonchev–Trinajstić information content (AvgIpc) is 3.15. The Balaban J connectivity index is 2.49. The maximum atomic E-state index is 13.0. The van der Waals surface area contributed by atoms with Crippen LogP contribution in [0.4, 0.5) is 0 Å². The number of aliphatic hydroxyl groups excluding tert-OH is 4. The van der Waals surface area contributed by atoms with E-state index in [9.17, 15) is 33.6 Å². The minimum absolute atomic E-state index is 0.264. The van der Waals surface area contributed by atoms with Gasteiger partial charge in [-0.3, -0.25) is 9.35 Å². The van der Waals surface area contributed by atoms with Crippen LogP contribution in [0, 0.1) is 0 Å². The summed E-state index contributed by atoms with van der Waals surface area (Å²) in [7, 11) is -5.08. The summed E-state index contributed by atoms with van der Waals surface area (Å²) in [5.74, 6) is -0.271. The standard InChI is InChI=1S/C42H77NO11S/c1-3-5-7-9-11-13-14-15-16-17-18-19-20-21-22-24-26-28-30-32-38(46)43-35(36(45)31-29-27-25-23-12-10-8-6-4-2)34-52-42-40(48)41(54-55(49,50)51)39(47)37(33-44)53-42/h11,13-15,29,31,35-37,39-42,44-45,47-48H,3-10,12,16-28,30,32-34H2,1-2H3,(H,43,46)(H,49,50,51)/b13-11-,15-14-,31-29+. The summed E-state index contributed by atoms with van der Waals surface area (Å²) in [6, 6.07) is -0.942. The number of nitrogens with one attached hydrogen (secondary N) is 1. The van der Waals surface area contributed by atoms with Crippen LogP contribution in [0.5, 0.6) is 0 Å². The Kier molecular flexibility index (Phi) is 31.1. The highest BCUT2D eigenvalue weighted by atomic mass is 32.3. The number of hydrogen-bond acceptors (Lipinski definition) is 10. The fourth-order valence-electron chi connectivity index (χ4n) is 6.56. The smallest absolute Gasteiger partial charge is 0.394 e. The number of aliphatic hydroxyl groups is 4. The van der Waals surface area contributed by atoms with Crippen LogP contribution in [0.25, 0.3) is 0 Å². The molecular weight excluding hydrogens is 727 g/mol. The molecule has 7 atom stereocenters. The molecule has 6 N–H and O–H groups in total. The van der Waals surface area contributed by atoms with E-state index in [1.54, 1.807) is 6.08 Å². The van der Waals surface area contributed by atoms with Crippen molar-refractivity contribution in [2.75, 3.05) is 13.2 Å². The zero-order valence-electron chi connectivity index (χ0n) is 34.0. The number of rotatable bonds is 35. The Labute approximate surface area is 333 Å². The summed E-state index contributed by atoms with van der Waals surface area (Å²) < 4.78 is 47.4. The Morgan fingerprint density at radius 3 is 1.73 bits per heavy atom. The second kappa shape index (κ2) is 33.3. The summed E-state index contributed by atoms with van der Waals surface area (Å²) in [5.41, 5.74) is 0. The summed E-state index contributed by atoms with van der Waals surface area (Å²) in [6.07, 6.45) is 29.1. The second-order valence-corrected chi connectivity index (χ2v) is 16.0. The fourth-order valence-corrected chi connectivity index (χ4v) is 7.07. The number of unbranched alkanes of at least 4 members (excludes halogenated alkanes) is 20. The zero-order valence-corrected chi connectivity index (χ0v) is 34.8. The largest absolute Gasteiger partial charge is 0.397 e. The van der Waals surface area contributed by atoms with E-state index < -0.39 is 59.9 Å². The molecule has 0 radical (unpaired) electrons. The van der Waals surface area contributed by atoms with Crippen molar-refractivity contribution in [2.24, 2.45) is 0 Å². The molecule has 1 rings (SSSR count). The molecule has 1 heterocycles. The molecule has 0 aromatic rings. The van der Waals surface area contributed by atoms with Crippen molar-refractivity contribution in [3.63, 3.8) is 0 Å². The van der Waals surface area contributed by atoms with Gasteiger partial charge in [0.05, 0.1) is 25.4 Å². The molecule has 0 spiro atoms. The van der Waals surface area contributed by atoms with Crippen molar-refractivity contribution in [1.29, 1.82) is 0 Å². The molecule has 0 aliphatic carbocycles. The van der Waals surface area contributed by atoms with Crippen molar-refractivity contribution >= 4 is 16.3 Å². The number of carbonyl (C=O) groups is 1. The monoisotopic (exact) mass is 804 g/mol. The summed E-state index contributed by atoms with van der Waals surface area (Å²) in [6.45, 7) is 3.30. The van der Waals surface area contributed by atoms with Crippen molar-refractivity contribution in [3.05, 3.63) is 36.5 Å². The molecule has 55 heavy (non-hydrogen) atoms. The third-order valence-corrected chi connectivity index (χ3v) is 10.4. The predicted octanol–water partition coefficient (Wildman–Crippen LogP) is 7.55. The molecule has 0 saturated carbocycles. The molecule has 13 heteroatoms. The van der Waals surface area contributed by atoms with Gasteiger partial charge in [0.2, 0.25) is 5.91 Å². The average molecular weight is 804 g/mol. The molecule has 0 aromatic carbocycles. The molecule has 1 fully saturated rings. The normalized spacial score (nSPS) is 21.9. The van der Waals surface area contributed by atoms with Crippen molar-refractivity contribution in [1.82, 2.24) is 5.32 Å². The Bertz CT molecular complexity index is 1130. The van der Waals surface area contributed by atoms with Crippen LogP contribution in [0.3, 0.4) is 0 Å². The Morgan fingerprint density at radius 2 is 1.20 bits per heavy atom. The van der Waals surface area contributed by atoms with Crippen LogP contribution in [0.15, 0.2) is 36.5 Å². The van der Waals surface area contributed by atoms with Crippen LogP contribution in [0.1, 0.15) is 168 Å². The summed E-state index contributed by atoms with van der Waals surface area (Å²) in [4.78, 5) is 13.0. The molecule has 7 unspecified atom stereocenters. The van der Waals surface area contributed by atoms with Crippen molar-refractivity contribution in [2.45, 2.75) is 211 Å². The summed E-state index contributed by atoms with van der Waals surface area (Å²) in [5, 5.41) is 44.5. The van der Waals surface area contributed by atoms with E-state index in [-0.39, 0.29) is 18.9 Å². The number of allylic oxidation sites excluding steroid dienone is 5. The topological polar surface area (TPSA) is 192 Å². The molecule has 1 amide bonds. The Hall–Kier alpha value is -1.68. The molecule has 0 bridgehead atoms. The maximum Gasteiger partial charge on any atom is 0.397 e. The van der Waals surface area contributed by atoms with Gasteiger partial charge in [-0.1, -0.05) is 153 Å². The lowest BCUT2D eigenvalue weighted by Crippen LogP contribution is -2.61. The van der Waals surface area contributed by atoms with Crippen LogP contribution in [0.2, 0.25) is 0 Å². The number of ether oxygens (including phenoxy) is 2. The molecule has 322 valence electrons. The third-order valence-electron chi connectivity index (χ3n) is 9.94. The first-order valence-corrected chi connectivity index (χ1v) is 22.8. The van der Waals surface area contributed by atoms with E-state index >= 15 is 0 Å². The minimum atomic E-state index is -5.08. The van der Waals surface area contributed by atoms with Gasteiger partial charge >= 0.3 is 10.4 Å². The quantitative estimate of drug-likeness (QED) is 0.0161. The molecule has 12 nitrogen and oxygen atoms in total. The van der Waals surface area contributed by atoms with E-state index in [2.05, 4.69) is 47.7 Å². The van der Waals surface area contributed by atoms with E-state index in [1.165, 1.54) is 89.9 Å². The highest BCUT2D eigenvalue weighted by Crippen LogP contribution is 2.26. The molecule has 0 aromatic heterocycles. The van der Waals surface area contributed by atoms with Gasteiger partial charge in [0.1, 0.15) is 24.4 Å². The lowest BCUT2D eigenvalue weighted by molar-refractivity contribution is -0.298. The highest BCUT2D eigenvalue weighted by Gasteiger charge is 2.48. The van der Waals surface area contributed by atoms with E-state index in [0.717, 1.165) is 51.4 Å². The molecule has 1 aliphatic heterocycles. The Morgan fingerprint density at radius 1 is 0.727 bits per heavy atom. The van der Waals surface area contributed by atoms with E-state index in [1.807, 2.05) is 6.08 Å². The first kappa shape index (κ1) is 51.3. The lowest BCUT2D eigenvalue weighted by atomic mass is 9.99. The number of amides is 1. The van der Waals surface area contributed by atoms with Crippen LogP contribution < -0.4 is 5.32 Å². The van der Waals surface area contributed by atoms with Crippen LogP contribution >= 0.6 is 0 Å². The first-order chi connectivity index (χ1) is 26.5. The number of hydrogen-bond donors (Lipinski definition) is 6. The molecule has 1 aliphatic rings. The van der Waals surface area contributed by atoms with Gasteiger partial charge in [0, 0.05) is 6.42 Å². The van der Waals surface area contributed by atoms with Gasteiger partial charge in [-0.25, -0.2) is 4.18 Å². The van der Waals surface area contributed by atoms with Crippen molar-refractivity contribution in [3.8, 4) is 0 Å². The minimum Gasteiger partial charge on any atom is -0.394 e. The van der Waals surface area contributed by atoms with Gasteiger partial charge in [0.15, 0.2) is 6.29 Å². The van der Waals surface area contributed by atoms with Gasteiger partial charge in [-0.2, -0.15) is 8.42 Å². The van der Waals surface area contributed by atoms with Crippen molar-refractivity contribution < 1.29 is 51.8 Å². The molecular formula is C42H77NO11S.